The van der Waals surface area contributed by atoms with Crippen LogP contribution in [0.2, 0.25) is 0 Å². The van der Waals surface area contributed by atoms with Crippen LogP contribution in [0.15, 0.2) is 10.6 Å². The highest BCUT2D eigenvalue weighted by Gasteiger charge is 2.15. The number of carbonyl (C=O) groups is 1. The van der Waals surface area contributed by atoms with Crippen molar-refractivity contribution in [1.29, 1.82) is 0 Å². The van der Waals surface area contributed by atoms with E-state index in [9.17, 15) is 4.79 Å². The Morgan fingerprint density at radius 1 is 1.61 bits per heavy atom. The van der Waals surface area contributed by atoms with Gasteiger partial charge in [0.05, 0.1) is 18.0 Å². The zero-order valence-corrected chi connectivity index (χ0v) is 11.4. The summed E-state index contributed by atoms with van der Waals surface area (Å²) in [4.78, 5) is 11.7. The predicted octanol–water partition coefficient (Wildman–Crippen LogP) is 1.08. The average Bonchev–Trinajstić information content (AvgIpc) is 2.81. The van der Waals surface area contributed by atoms with Crippen molar-refractivity contribution < 1.29 is 9.32 Å². The maximum atomic E-state index is 11.7. The van der Waals surface area contributed by atoms with E-state index in [-0.39, 0.29) is 5.91 Å². The van der Waals surface area contributed by atoms with Crippen molar-refractivity contribution in [3.8, 4) is 0 Å². The number of aryl methyl sites for hydroxylation is 1. The first-order chi connectivity index (χ1) is 8.74. The monoisotopic (exact) mass is 269 g/mol. The molecule has 1 aliphatic rings. The Morgan fingerprint density at radius 2 is 2.39 bits per heavy atom. The summed E-state index contributed by atoms with van der Waals surface area (Å²) in [6.45, 7) is 4.42. The van der Waals surface area contributed by atoms with E-state index in [1.807, 2.05) is 13.0 Å². The van der Waals surface area contributed by atoms with Gasteiger partial charge in [-0.1, -0.05) is 5.16 Å². The van der Waals surface area contributed by atoms with Crippen LogP contribution in [0.1, 0.15) is 24.3 Å². The van der Waals surface area contributed by atoms with Crippen LogP contribution in [0.3, 0.4) is 0 Å². The van der Waals surface area contributed by atoms with Crippen LogP contribution in [-0.4, -0.2) is 35.2 Å². The first-order valence-corrected chi connectivity index (χ1v) is 7.30. The van der Waals surface area contributed by atoms with Crippen LogP contribution in [0.25, 0.3) is 0 Å². The molecule has 1 aromatic rings. The molecular formula is C12H19N3O2S. The van der Waals surface area contributed by atoms with Gasteiger partial charge in [-0.05, 0) is 32.9 Å². The fourth-order valence-electron chi connectivity index (χ4n) is 1.89. The number of rotatable bonds is 5. The van der Waals surface area contributed by atoms with Gasteiger partial charge in [0.25, 0.3) is 0 Å². The van der Waals surface area contributed by atoms with Crippen molar-refractivity contribution in [3.05, 3.63) is 17.5 Å². The van der Waals surface area contributed by atoms with Gasteiger partial charge in [-0.3, -0.25) is 4.79 Å². The SMILES string of the molecule is Cc1cc(CNC(=O)CSC2CCNCC2)on1. The number of nitrogens with one attached hydrogen (secondary N) is 2. The molecule has 2 heterocycles. The molecule has 0 unspecified atom stereocenters. The maximum absolute atomic E-state index is 11.7. The lowest BCUT2D eigenvalue weighted by Gasteiger charge is -2.21. The minimum absolute atomic E-state index is 0.0626. The number of aromatic nitrogens is 1. The van der Waals surface area contributed by atoms with Crippen molar-refractivity contribution in [2.75, 3.05) is 18.8 Å². The van der Waals surface area contributed by atoms with E-state index in [0.29, 0.717) is 23.3 Å². The van der Waals surface area contributed by atoms with Gasteiger partial charge < -0.3 is 15.2 Å². The molecule has 2 rings (SSSR count). The van der Waals surface area contributed by atoms with Gasteiger partial charge in [0.2, 0.25) is 5.91 Å². The van der Waals surface area contributed by atoms with E-state index < -0.39 is 0 Å². The van der Waals surface area contributed by atoms with E-state index in [1.54, 1.807) is 11.8 Å². The Morgan fingerprint density at radius 3 is 3.06 bits per heavy atom. The molecule has 18 heavy (non-hydrogen) atoms. The van der Waals surface area contributed by atoms with Gasteiger partial charge in [-0.25, -0.2) is 0 Å². The third-order valence-electron chi connectivity index (χ3n) is 2.87. The summed E-state index contributed by atoms with van der Waals surface area (Å²) < 4.78 is 5.03. The summed E-state index contributed by atoms with van der Waals surface area (Å²) in [5, 5.41) is 10.6. The molecule has 1 aliphatic heterocycles. The van der Waals surface area contributed by atoms with Crippen molar-refractivity contribution in [3.63, 3.8) is 0 Å². The molecule has 100 valence electrons. The molecular weight excluding hydrogens is 250 g/mol. The Kier molecular flexibility index (Phi) is 5.07. The molecule has 0 aliphatic carbocycles. The first-order valence-electron chi connectivity index (χ1n) is 6.25. The quantitative estimate of drug-likeness (QED) is 0.837. The Hall–Kier alpha value is -1.01. The predicted molar refractivity (Wildman–Crippen MR) is 71.4 cm³/mol. The van der Waals surface area contributed by atoms with E-state index in [1.165, 1.54) is 0 Å². The minimum atomic E-state index is 0.0626. The van der Waals surface area contributed by atoms with Gasteiger partial charge in [0.15, 0.2) is 5.76 Å². The molecule has 1 saturated heterocycles. The molecule has 2 N–H and O–H groups in total. The number of hydrogen-bond donors (Lipinski definition) is 2. The number of hydrogen-bond acceptors (Lipinski definition) is 5. The third-order valence-corrected chi connectivity index (χ3v) is 4.24. The number of amides is 1. The lowest BCUT2D eigenvalue weighted by atomic mass is 10.2. The minimum Gasteiger partial charge on any atom is -0.359 e. The highest BCUT2D eigenvalue weighted by Crippen LogP contribution is 2.19. The zero-order valence-electron chi connectivity index (χ0n) is 10.6. The van der Waals surface area contributed by atoms with Crippen LogP contribution < -0.4 is 10.6 Å². The average molecular weight is 269 g/mol. The lowest BCUT2D eigenvalue weighted by Crippen LogP contribution is -2.31. The number of piperidine rings is 1. The fourth-order valence-corrected chi connectivity index (χ4v) is 2.95. The molecule has 0 spiro atoms. The standard InChI is InChI=1S/C12H19N3O2S/c1-9-6-10(17-15-9)7-14-12(16)8-18-11-2-4-13-5-3-11/h6,11,13H,2-5,7-8H2,1H3,(H,14,16). The van der Waals surface area contributed by atoms with Crippen molar-refractivity contribution in [2.24, 2.45) is 0 Å². The number of thioether (sulfide) groups is 1. The molecule has 0 saturated carbocycles. The molecule has 0 bridgehead atoms. The molecule has 0 radical (unpaired) electrons. The summed E-state index contributed by atoms with van der Waals surface area (Å²) in [6.07, 6.45) is 2.30. The van der Waals surface area contributed by atoms with Crippen LogP contribution in [0.5, 0.6) is 0 Å². The van der Waals surface area contributed by atoms with E-state index in [4.69, 9.17) is 4.52 Å². The van der Waals surface area contributed by atoms with Crippen molar-refractivity contribution >= 4 is 17.7 Å². The molecule has 5 nitrogen and oxygen atoms in total. The van der Waals surface area contributed by atoms with Crippen LogP contribution in [0, 0.1) is 6.92 Å². The maximum Gasteiger partial charge on any atom is 0.230 e. The summed E-state index contributed by atoms with van der Waals surface area (Å²) in [7, 11) is 0. The summed E-state index contributed by atoms with van der Waals surface area (Å²) in [6, 6.07) is 1.83. The smallest absolute Gasteiger partial charge is 0.230 e. The number of carbonyl (C=O) groups excluding carboxylic acids is 1. The molecule has 1 amide bonds. The second kappa shape index (κ2) is 6.80. The van der Waals surface area contributed by atoms with Gasteiger partial charge in [0, 0.05) is 11.3 Å². The summed E-state index contributed by atoms with van der Waals surface area (Å²) in [5.41, 5.74) is 0.836. The normalized spacial score (nSPS) is 16.7. The largest absolute Gasteiger partial charge is 0.359 e. The third kappa shape index (κ3) is 4.34. The van der Waals surface area contributed by atoms with Crippen molar-refractivity contribution in [2.45, 2.75) is 31.6 Å². The first kappa shape index (κ1) is 13.4. The second-order valence-corrected chi connectivity index (χ2v) is 5.76. The molecule has 0 aromatic carbocycles. The lowest BCUT2D eigenvalue weighted by molar-refractivity contribution is -0.118. The van der Waals surface area contributed by atoms with Crippen LogP contribution >= 0.6 is 11.8 Å². The van der Waals surface area contributed by atoms with Gasteiger partial charge in [-0.2, -0.15) is 0 Å². The highest BCUT2D eigenvalue weighted by molar-refractivity contribution is 8.00. The van der Waals surface area contributed by atoms with E-state index >= 15 is 0 Å². The molecule has 1 aromatic heterocycles. The molecule has 6 heteroatoms. The van der Waals surface area contributed by atoms with Crippen LogP contribution in [-0.2, 0) is 11.3 Å². The van der Waals surface area contributed by atoms with E-state index in [2.05, 4.69) is 15.8 Å². The van der Waals surface area contributed by atoms with Crippen LogP contribution in [0.4, 0.5) is 0 Å². The second-order valence-electron chi connectivity index (χ2n) is 4.47. The van der Waals surface area contributed by atoms with E-state index in [0.717, 1.165) is 31.6 Å². The Balaban J connectivity index is 1.62. The Labute approximate surface area is 111 Å². The highest BCUT2D eigenvalue weighted by atomic mass is 32.2. The number of nitrogens with zero attached hydrogens (tertiary/aromatic N) is 1. The summed E-state index contributed by atoms with van der Waals surface area (Å²) >= 11 is 1.75. The fraction of sp³-hybridized carbons (Fsp3) is 0.667. The molecule has 0 atom stereocenters. The van der Waals surface area contributed by atoms with Gasteiger partial charge >= 0.3 is 0 Å². The van der Waals surface area contributed by atoms with Gasteiger partial charge in [-0.15, -0.1) is 11.8 Å². The topological polar surface area (TPSA) is 67.2 Å². The Bertz CT molecular complexity index is 388. The summed E-state index contributed by atoms with van der Waals surface area (Å²) in [5.74, 6) is 1.29. The zero-order chi connectivity index (χ0) is 12.8. The molecule has 1 fully saturated rings. The van der Waals surface area contributed by atoms with Crippen molar-refractivity contribution in [1.82, 2.24) is 15.8 Å². The van der Waals surface area contributed by atoms with Gasteiger partial charge in [0.1, 0.15) is 0 Å².